The quantitative estimate of drug-likeness (QED) is 0.240. The topological polar surface area (TPSA) is 119 Å². The van der Waals surface area contributed by atoms with E-state index in [1.807, 2.05) is 0 Å². The number of unbranched alkanes of at least 4 members (excludes halogenated alkanes) is 3. The molecule has 6 heteroatoms. The van der Waals surface area contributed by atoms with E-state index in [0.29, 0.717) is 5.92 Å². The Hall–Kier alpha value is -0.880. The van der Waals surface area contributed by atoms with Gasteiger partial charge in [0.25, 0.3) is 0 Å². The zero-order chi connectivity index (χ0) is 16.0. The third-order valence-electron chi connectivity index (χ3n) is 3.54. The van der Waals surface area contributed by atoms with Crippen molar-refractivity contribution in [1.82, 2.24) is 0 Å². The van der Waals surface area contributed by atoms with Crippen LogP contribution in [0.2, 0.25) is 0 Å². The van der Waals surface area contributed by atoms with Gasteiger partial charge in [-0.1, -0.05) is 59.3 Å². The van der Waals surface area contributed by atoms with Gasteiger partial charge in [-0.2, -0.15) is 0 Å². The van der Waals surface area contributed by atoms with E-state index in [4.69, 9.17) is 27.4 Å². The Morgan fingerprint density at radius 2 is 1.30 bits per heavy atom. The Morgan fingerprint density at radius 1 is 0.950 bits per heavy atom. The molecular formula is C14H35N4O2+. The van der Waals surface area contributed by atoms with Gasteiger partial charge in [0.05, 0.1) is 5.66 Å². The highest BCUT2D eigenvalue weighted by Gasteiger charge is 2.28. The maximum absolute atomic E-state index is 7.11. The molecule has 0 amide bonds. The monoisotopic (exact) mass is 291 g/mol. The van der Waals surface area contributed by atoms with E-state index in [2.05, 4.69) is 20.8 Å². The summed E-state index contributed by atoms with van der Waals surface area (Å²) in [4.78, 5) is 0. The summed E-state index contributed by atoms with van der Waals surface area (Å²) in [6, 6.07) is 0. The highest BCUT2D eigenvalue weighted by Crippen LogP contribution is 2.26. The molecule has 0 aliphatic carbocycles. The number of hydrogen-bond acceptors (Lipinski definition) is 3. The Balaban J connectivity index is 0. The molecule has 0 radical (unpaired) electrons. The second-order valence-corrected chi connectivity index (χ2v) is 5.49. The first kappa shape index (κ1) is 21.4. The summed E-state index contributed by atoms with van der Waals surface area (Å²) in [5, 5.41) is 13.5. The van der Waals surface area contributed by atoms with Gasteiger partial charge in [-0.25, -0.2) is 10.4 Å². The molecule has 20 heavy (non-hydrogen) atoms. The first-order chi connectivity index (χ1) is 9.31. The molecular weight excluding hydrogens is 256 g/mol. The van der Waals surface area contributed by atoms with Crippen molar-refractivity contribution in [2.24, 2.45) is 17.4 Å². The van der Waals surface area contributed by atoms with Crippen molar-refractivity contribution in [2.75, 3.05) is 0 Å². The molecule has 0 saturated carbocycles. The van der Waals surface area contributed by atoms with Crippen LogP contribution in [-0.4, -0.2) is 21.1 Å². The third-order valence-corrected chi connectivity index (χ3v) is 3.54. The van der Waals surface area contributed by atoms with Crippen LogP contribution in [-0.2, 0) is 0 Å². The van der Waals surface area contributed by atoms with Crippen LogP contribution in [0.1, 0.15) is 78.6 Å². The van der Waals surface area contributed by atoms with E-state index in [9.17, 15) is 0 Å². The lowest BCUT2D eigenvalue weighted by atomic mass is 9.82. The number of nitrogens with zero attached hydrogens (tertiary/aromatic N) is 1. The van der Waals surface area contributed by atoms with E-state index >= 15 is 0 Å². The van der Waals surface area contributed by atoms with Gasteiger partial charge >= 0.3 is 5.02 Å². The fourth-order valence-electron chi connectivity index (χ4n) is 2.27. The molecule has 0 spiro atoms. The molecule has 0 rings (SSSR count). The third kappa shape index (κ3) is 13.5. The van der Waals surface area contributed by atoms with Gasteiger partial charge in [0.2, 0.25) is 0 Å². The summed E-state index contributed by atoms with van der Waals surface area (Å²) < 4.78 is 0. The van der Waals surface area contributed by atoms with Crippen LogP contribution < -0.4 is 11.5 Å². The molecule has 0 atom stereocenters. The molecule has 0 aromatic carbocycles. The van der Waals surface area contributed by atoms with Crippen LogP contribution in [0.3, 0.4) is 0 Å². The number of nitrogens with one attached hydrogen (secondary N) is 1. The lowest BCUT2D eigenvalue weighted by Crippen LogP contribution is -2.55. The Labute approximate surface area is 123 Å². The maximum Gasteiger partial charge on any atom is 0.326 e. The molecule has 0 fully saturated rings. The fourth-order valence-corrected chi connectivity index (χ4v) is 2.27. The SMILES string of the molecule is CCCCC(CCCC)C(N)(N)CCCC.N=[N+](O)O. The molecule has 0 aliphatic heterocycles. The molecule has 0 bridgehead atoms. The van der Waals surface area contributed by atoms with Crippen LogP contribution >= 0.6 is 0 Å². The first-order valence-electron chi connectivity index (χ1n) is 7.78. The van der Waals surface area contributed by atoms with Gasteiger partial charge < -0.3 is 11.5 Å². The van der Waals surface area contributed by atoms with E-state index < -0.39 is 10.7 Å². The van der Waals surface area contributed by atoms with Crippen molar-refractivity contribution < 1.29 is 15.4 Å². The zero-order valence-corrected chi connectivity index (χ0v) is 13.4. The van der Waals surface area contributed by atoms with Crippen LogP contribution in [0.15, 0.2) is 0 Å². The summed E-state index contributed by atoms with van der Waals surface area (Å²) in [7, 11) is 0. The molecule has 7 N–H and O–H groups in total. The highest BCUT2D eigenvalue weighted by molar-refractivity contribution is 4.85. The smallest absolute Gasteiger partial charge is 0.313 e. The molecule has 0 heterocycles. The highest BCUT2D eigenvalue weighted by atomic mass is 16.8. The second-order valence-electron chi connectivity index (χ2n) is 5.49. The van der Waals surface area contributed by atoms with Gasteiger partial charge in [-0.05, 0) is 25.2 Å². The first-order valence-corrected chi connectivity index (χ1v) is 7.78. The van der Waals surface area contributed by atoms with Gasteiger partial charge in [-0.15, -0.1) is 0 Å². The van der Waals surface area contributed by atoms with Crippen molar-refractivity contribution in [3.05, 3.63) is 0 Å². The van der Waals surface area contributed by atoms with Gasteiger partial charge in [0, 0.05) is 5.53 Å². The molecule has 6 nitrogen and oxygen atoms in total. The molecule has 0 unspecified atom stereocenters. The van der Waals surface area contributed by atoms with E-state index in [0.717, 1.165) is 12.8 Å². The largest absolute Gasteiger partial charge is 0.326 e. The normalized spacial score (nSPS) is 11.1. The molecule has 0 aromatic heterocycles. The average molecular weight is 291 g/mol. The molecule has 0 aliphatic rings. The van der Waals surface area contributed by atoms with Gasteiger partial charge in [0.15, 0.2) is 0 Å². The molecule has 122 valence electrons. The Bertz CT molecular complexity index is 223. The molecule has 0 saturated heterocycles. The average Bonchev–Trinajstić information content (AvgIpc) is 2.35. The fraction of sp³-hybridized carbons (Fsp3) is 1.00. The van der Waals surface area contributed by atoms with Crippen LogP contribution in [0.5, 0.6) is 0 Å². The number of hydrogen-bond donors (Lipinski definition) is 5. The summed E-state index contributed by atoms with van der Waals surface area (Å²) in [5.74, 6) is 0.513. The summed E-state index contributed by atoms with van der Waals surface area (Å²) >= 11 is 0. The lowest BCUT2D eigenvalue weighted by Gasteiger charge is -2.34. The van der Waals surface area contributed by atoms with Crippen LogP contribution in [0, 0.1) is 11.4 Å². The maximum atomic E-state index is 7.11. The van der Waals surface area contributed by atoms with Crippen molar-refractivity contribution in [1.29, 1.82) is 5.53 Å². The summed E-state index contributed by atoms with van der Waals surface area (Å²) in [5.41, 5.74) is 17.7. The number of rotatable bonds is 10. The van der Waals surface area contributed by atoms with Gasteiger partial charge in [0.1, 0.15) is 0 Å². The minimum atomic E-state index is -0.750. The standard InChI is InChI=1S/C14H32N2.H3N2O2/c1-4-7-10-13(11-8-5-2)14(15,16)12-9-6-3;1-2(3)4/h13H,4-12,15-16H2,1-3H3;(H3,1,3,4)/q;+1. The predicted octanol–water partition coefficient (Wildman–Crippen LogP) is 3.60. The number of nitrogens with two attached hydrogens (primary N) is 2. The minimum Gasteiger partial charge on any atom is -0.313 e. The van der Waals surface area contributed by atoms with E-state index in [1.165, 1.54) is 44.9 Å². The minimum absolute atomic E-state index is 0.430. The van der Waals surface area contributed by atoms with Crippen molar-refractivity contribution in [2.45, 2.75) is 84.2 Å². The van der Waals surface area contributed by atoms with Crippen LogP contribution in [0.25, 0.3) is 0 Å². The zero-order valence-electron chi connectivity index (χ0n) is 13.4. The van der Waals surface area contributed by atoms with E-state index in [1.54, 1.807) is 0 Å². The summed E-state index contributed by atoms with van der Waals surface area (Å²) in [6.45, 7) is 6.67. The van der Waals surface area contributed by atoms with Crippen molar-refractivity contribution in [3.8, 4) is 0 Å². The predicted molar refractivity (Wildman–Crippen MR) is 79.7 cm³/mol. The van der Waals surface area contributed by atoms with Crippen LogP contribution in [0.4, 0.5) is 0 Å². The summed E-state index contributed by atoms with van der Waals surface area (Å²) in [6.07, 6.45) is 10.7. The Morgan fingerprint density at radius 3 is 1.60 bits per heavy atom. The second kappa shape index (κ2) is 13.1. The molecule has 0 aromatic rings. The Kier molecular flexibility index (Phi) is 14.1. The van der Waals surface area contributed by atoms with Crippen molar-refractivity contribution in [3.63, 3.8) is 0 Å². The lowest BCUT2D eigenvalue weighted by molar-refractivity contribution is -1.01. The van der Waals surface area contributed by atoms with E-state index in [-0.39, 0.29) is 0 Å². The van der Waals surface area contributed by atoms with Crippen molar-refractivity contribution >= 4 is 0 Å². The van der Waals surface area contributed by atoms with Gasteiger partial charge in [-0.3, -0.25) is 0 Å².